The molecule has 25 heavy (non-hydrogen) atoms. The SMILES string of the molecule is COC(=O)c1ccc2c(=O)n(C[C@@H](O)c3ccccc3)c(C)nc2c1. The molecule has 0 radical (unpaired) electrons. The molecule has 1 aromatic heterocycles. The van der Waals surface area contributed by atoms with Gasteiger partial charge in [-0.3, -0.25) is 9.36 Å². The van der Waals surface area contributed by atoms with Crippen molar-refractivity contribution in [2.75, 3.05) is 7.11 Å². The van der Waals surface area contributed by atoms with Gasteiger partial charge in [0.15, 0.2) is 0 Å². The zero-order valence-corrected chi connectivity index (χ0v) is 14.0. The van der Waals surface area contributed by atoms with Crippen LogP contribution in [-0.4, -0.2) is 27.7 Å². The molecular formula is C19H18N2O4. The fourth-order valence-corrected chi connectivity index (χ4v) is 2.75. The van der Waals surface area contributed by atoms with Gasteiger partial charge in [-0.2, -0.15) is 0 Å². The van der Waals surface area contributed by atoms with Gasteiger partial charge in [-0.25, -0.2) is 9.78 Å². The van der Waals surface area contributed by atoms with E-state index in [9.17, 15) is 14.7 Å². The maximum absolute atomic E-state index is 12.8. The Bertz CT molecular complexity index is 980. The second kappa shape index (κ2) is 6.86. The number of aliphatic hydroxyl groups excluding tert-OH is 1. The lowest BCUT2D eigenvalue weighted by Gasteiger charge is -2.16. The summed E-state index contributed by atoms with van der Waals surface area (Å²) in [4.78, 5) is 28.8. The first kappa shape index (κ1) is 16.9. The summed E-state index contributed by atoms with van der Waals surface area (Å²) in [7, 11) is 1.30. The highest BCUT2D eigenvalue weighted by Gasteiger charge is 2.15. The van der Waals surface area contributed by atoms with E-state index in [-0.39, 0.29) is 12.1 Å². The molecule has 3 aromatic rings. The molecule has 0 bridgehead atoms. The van der Waals surface area contributed by atoms with Crippen LogP contribution < -0.4 is 5.56 Å². The Morgan fingerprint density at radius 1 is 1.24 bits per heavy atom. The van der Waals surface area contributed by atoms with Crippen molar-refractivity contribution in [2.45, 2.75) is 19.6 Å². The number of nitrogens with zero attached hydrogens (tertiary/aromatic N) is 2. The third-order valence-corrected chi connectivity index (χ3v) is 4.11. The number of methoxy groups -OCH3 is 1. The number of aryl methyl sites for hydroxylation is 1. The van der Waals surface area contributed by atoms with Gasteiger partial charge in [0, 0.05) is 0 Å². The molecular weight excluding hydrogens is 320 g/mol. The zero-order chi connectivity index (χ0) is 18.0. The van der Waals surface area contributed by atoms with Gasteiger partial charge in [0.05, 0.1) is 36.2 Å². The quantitative estimate of drug-likeness (QED) is 0.738. The van der Waals surface area contributed by atoms with Crippen LogP contribution in [0.4, 0.5) is 0 Å². The minimum atomic E-state index is -0.814. The van der Waals surface area contributed by atoms with E-state index in [0.717, 1.165) is 5.56 Å². The Labute approximate surface area is 144 Å². The van der Waals surface area contributed by atoms with Crippen molar-refractivity contribution in [3.05, 3.63) is 75.8 Å². The summed E-state index contributed by atoms with van der Waals surface area (Å²) >= 11 is 0. The summed E-state index contributed by atoms with van der Waals surface area (Å²) < 4.78 is 6.13. The van der Waals surface area contributed by atoms with E-state index >= 15 is 0 Å². The smallest absolute Gasteiger partial charge is 0.337 e. The van der Waals surface area contributed by atoms with Crippen LogP contribution in [-0.2, 0) is 11.3 Å². The molecule has 1 atom stereocenters. The molecule has 0 aliphatic carbocycles. The average molecular weight is 338 g/mol. The average Bonchev–Trinajstić information content (AvgIpc) is 2.64. The predicted octanol–water partition coefficient (Wildman–Crippen LogP) is 2.23. The van der Waals surface area contributed by atoms with Gasteiger partial charge < -0.3 is 9.84 Å². The zero-order valence-electron chi connectivity index (χ0n) is 14.0. The van der Waals surface area contributed by atoms with Gasteiger partial charge in [0.2, 0.25) is 0 Å². The van der Waals surface area contributed by atoms with Crippen LogP contribution >= 0.6 is 0 Å². The summed E-state index contributed by atoms with van der Waals surface area (Å²) in [6.07, 6.45) is -0.814. The summed E-state index contributed by atoms with van der Waals surface area (Å²) in [5.41, 5.74) is 1.24. The maximum atomic E-state index is 12.8. The molecule has 3 rings (SSSR count). The molecule has 0 saturated heterocycles. The van der Waals surface area contributed by atoms with Crippen LogP contribution in [0.3, 0.4) is 0 Å². The summed E-state index contributed by atoms with van der Waals surface area (Å²) in [5, 5.41) is 10.8. The largest absolute Gasteiger partial charge is 0.465 e. The third-order valence-electron chi connectivity index (χ3n) is 4.11. The van der Waals surface area contributed by atoms with Crippen molar-refractivity contribution in [1.29, 1.82) is 0 Å². The van der Waals surface area contributed by atoms with Crippen LogP contribution in [0.2, 0.25) is 0 Å². The van der Waals surface area contributed by atoms with Crippen LogP contribution in [0.1, 0.15) is 27.8 Å². The number of benzene rings is 2. The van der Waals surface area contributed by atoms with E-state index in [1.807, 2.05) is 30.3 Å². The lowest BCUT2D eigenvalue weighted by atomic mass is 10.1. The van der Waals surface area contributed by atoms with Gasteiger partial charge in [-0.15, -0.1) is 0 Å². The van der Waals surface area contributed by atoms with E-state index < -0.39 is 12.1 Å². The Balaban J connectivity index is 2.02. The molecule has 0 unspecified atom stereocenters. The maximum Gasteiger partial charge on any atom is 0.337 e. The van der Waals surface area contributed by atoms with Gasteiger partial charge in [0.25, 0.3) is 5.56 Å². The fraction of sp³-hybridized carbons (Fsp3) is 0.211. The first-order valence-electron chi connectivity index (χ1n) is 7.84. The van der Waals surface area contributed by atoms with E-state index in [2.05, 4.69) is 9.72 Å². The van der Waals surface area contributed by atoms with Crippen molar-refractivity contribution in [3.63, 3.8) is 0 Å². The lowest BCUT2D eigenvalue weighted by molar-refractivity contribution is 0.0601. The number of carbonyl (C=O) groups excluding carboxylic acids is 1. The van der Waals surface area contributed by atoms with Gasteiger partial charge in [0.1, 0.15) is 5.82 Å². The monoisotopic (exact) mass is 338 g/mol. The minimum Gasteiger partial charge on any atom is -0.465 e. The number of ether oxygens (including phenoxy) is 1. The summed E-state index contributed by atoms with van der Waals surface area (Å²) in [6, 6.07) is 13.8. The third kappa shape index (κ3) is 3.29. The molecule has 128 valence electrons. The molecule has 0 spiro atoms. The highest BCUT2D eigenvalue weighted by atomic mass is 16.5. The second-order valence-electron chi connectivity index (χ2n) is 5.72. The number of aliphatic hydroxyl groups is 1. The molecule has 0 saturated carbocycles. The minimum absolute atomic E-state index is 0.108. The van der Waals surface area contributed by atoms with Crippen molar-refractivity contribution in [3.8, 4) is 0 Å². The van der Waals surface area contributed by atoms with Gasteiger partial charge in [-0.1, -0.05) is 30.3 Å². The van der Waals surface area contributed by atoms with Crippen molar-refractivity contribution in [2.24, 2.45) is 0 Å². The van der Waals surface area contributed by atoms with Crippen LogP contribution in [0.25, 0.3) is 10.9 Å². The van der Waals surface area contributed by atoms with E-state index in [4.69, 9.17) is 0 Å². The Hall–Kier alpha value is -2.99. The number of hydrogen-bond donors (Lipinski definition) is 1. The number of fused-ring (bicyclic) bond motifs is 1. The standard InChI is InChI=1S/C19H18N2O4/c1-12-20-16-10-14(19(24)25-2)8-9-15(16)18(23)21(12)11-17(22)13-6-4-3-5-7-13/h3-10,17,22H,11H2,1-2H3/t17-/m1/s1. The number of esters is 1. The summed E-state index contributed by atoms with van der Waals surface area (Å²) in [5.74, 6) is -0.0143. The number of rotatable bonds is 4. The molecule has 2 aromatic carbocycles. The number of carbonyl (C=O) groups is 1. The van der Waals surface area contributed by atoms with Crippen LogP contribution in [0, 0.1) is 6.92 Å². The topological polar surface area (TPSA) is 81.4 Å². The van der Waals surface area contributed by atoms with E-state index in [0.29, 0.717) is 22.3 Å². The van der Waals surface area contributed by atoms with Crippen molar-refractivity contribution >= 4 is 16.9 Å². The van der Waals surface area contributed by atoms with Gasteiger partial charge in [-0.05, 0) is 30.7 Å². The molecule has 0 fully saturated rings. The van der Waals surface area contributed by atoms with Gasteiger partial charge >= 0.3 is 5.97 Å². The normalized spacial score (nSPS) is 12.1. The van der Waals surface area contributed by atoms with Crippen molar-refractivity contribution < 1.29 is 14.6 Å². The van der Waals surface area contributed by atoms with E-state index in [1.54, 1.807) is 13.0 Å². The molecule has 0 amide bonds. The molecule has 6 nitrogen and oxygen atoms in total. The highest BCUT2D eigenvalue weighted by Crippen LogP contribution is 2.16. The number of hydrogen-bond acceptors (Lipinski definition) is 5. The Morgan fingerprint density at radius 2 is 1.96 bits per heavy atom. The Morgan fingerprint density at radius 3 is 2.64 bits per heavy atom. The molecule has 0 aliphatic heterocycles. The second-order valence-corrected chi connectivity index (χ2v) is 5.72. The predicted molar refractivity (Wildman–Crippen MR) is 93.5 cm³/mol. The first-order valence-corrected chi connectivity index (χ1v) is 7.84. The first-order chi connectivity index (χ1) is 12.0. The lowest BCUT2D eigenvalue weighted by Crippen LogP contribution is -2.26. The molecule has 1 heterocycles. The molecule has 1 N–H and O–H groups in total. The molecule has 0 aliphatic rings. The number of aromatic nitrogens is 2. The highest BCUT2D eigenvalue weighted by molar-refractivity contribution is 5.94. The Kier molecular flexibility index (Phi) is 4.63. The van der Waals surface area contributed by atoms with Crippen LogP contribution in [0.5, 0.6) is 0 Å². The molecule has 6 heteroatoms. The van der Waals surface area contributed by atoms with E-state index in [1.165, 1.54) is 23.8 Å². The fourth-order valence-electron chi connectivity index (χ4n) is 2.75. The van der Waals surface area contributed by atoms with Crippen LogP contribution in [0.15, 0.2) is 53.3 Å². The van der Waals surface area contributed by atoms with Crippen molar-refractivity contribution in [1.82, 2.24) is 9.55 Å². The summed E-state index contributed by atoms with van der Waals surface area (Å²) in [6.45, 7) is 1.81.